The molecule has 156 valence electrons. The van der Waals surface area contributed by atoms with Crippen molar-refractivity contribution < 1.29 is 0 Å². The molecule has 0 unspecified atom stereocenters. The van der Waals surface area contributed by atoms with E-state index >= 15 is 0 Å². The molecule has 0 aliphatic heterocycles. The Morgan fingerprint density at radius 1 is 0.967 bits per heavy atom. The largest absolute Gasteiger partial charge is 0.366 e. The molecule has 5 heteroatoms. The molecule has 0 amide bonds. The predicted molar refractivity (Wildman–Crippen MR) is 124 cm³/mol. The summed E-state index contributed by atoms with van der Waals surface area (Å²) in [5.41, 5.74) is 9.96. The average molecular weight is 421 g/mol. The predicted octanol–water partition coefficient (Wildman–Crippen LogP) is 5.72. The van der Waals surface area contributed by atoms with Gasteiger partial charge in [0.1, 0.15) is 5.82 Å². The van der Waals surface area contributed by atoms with Crippen LogP contribution >= 0.6 is 11.6 Å². The second-order valence-corrected chi connectivity index (χ2v) is 8.64. The van der Waals surface area contributed by atoms with E-state index in [2.05, 4.69) is 28.5 Å². The van der Waals surface area contributed by atoms with Gasteiger partial charge in [-0.2, -0.15) is 0 Å². The molecule has 0 spiro atoms. The van der Waals surface area contributed by atoms with Gasteiger partial charge in [-0.1, -0.05) is 48.0 Å². The van der Waals surface area contributed by atoms with Gasteiger partial charge < -0.3 is 11.1 Å². The lowest BCUT2D eigenvalue weighted by atomic mass is 9.80. The summed E-state index contributed by atoms with van der Waals surface area (Å²) in [5, 5.41) is 4.04. The summed E-state index contributed by atoms with van der Waals surface area (Å²) in [6.07, 6.45) is 7.70. The number of halogens is 1. The maximum atomic E-state index is 6.50. The van der Waals surface area contributed by atoms with Crippen LogP contribution in [0.1, 0.15) is 36.9 Å². The lowest BCUT2D eigenvalue weighted by Crippen LogP contribution is -2.22. The van der Waals surface area contributed by atoms with E-state index in [9.17, 15) is 0 Å². The van der Waals surface area contributed by atoms with Crippen LogP contribution in [0.15, 0.2) is 60.8 Å². The number of benzene rings is 1. The minimum atomic E-state index is 0.637. The topological polar surface area (TPSA) is 63.8 Å². The van der Waals surface area contributed by atoms with Crippen molar-refractivity contribution in [3.8, 4) is 11.3 Å². The number of anilines is 1. The number of nitrogens with two attached hydrogens (primary N) is 1. The molecule has 4 nitrogen and oxygen atoms in total. The Hall–Kier alpha value is -2.43. The third-order valence-corrected chi connectivity index (χ3v) is 6.35. The monoisotopic (exact) mass is 420 g/mol. The van der Waals surface area contributed by atoms with E-state index in [1.165, 1.54) is 31.2 Å². The summed E-state index contributed by atoms with van der Waals surface area (Å²) in [6.45, 7) is 1.55. The van der Waals surface area contributed by atoms with Gasteiger partial charge >= 0.3 is 0 Å². The number of pyridine rings is 2. The number of hydrogen-bond acceptors (Lipinski definition) is 4. The van der Waals surface area contributed by atoms with Crippen LogP contribution in [0.5, 0.6) is 0 Å². The summed E-state index contributed by atoms with van der Waals surface area (Å²) in [7, 11) is 0. The van der Waals surface area contributed by atoms with Crippen molar-refractivity contribution in [3.63, 3.8) is 0 Å². The van der Waals surface area contributed by atoms with E-state index in [-0.39, 0.29) is 0 Å². The maximum Gasteiger partial charge on any atom is 0.126 e. The highest BCUT2D eigenvalue weighted by atomic mass is 35.5. The van der Waals surface area contributed by atoms with E-state index in [4.69, 9.17) is 22.3 Å². The summed E-state index contributed by atoms with van der Waals surface area (Å²) in [5.74, 6) is 2.22. The minimum Gasteiger partial charge on any atom is -0.366 e. The molecule has 1 fully saturated rings. The van der Waals surface area contributed by atoms with Gasteiger partial charge in [0.15, 0.2) is 0 Å². The second kappa shape index (κ2) is 10.1. The van der Waals surface area contributed by atoms with Gasteiger partial charge in [-0.05, 0) is 74.2 Å². The summed E-state index contributed by atoms with van der Waals surface area (Å²) >= 11 is 6.50. The van der Waals surface area contributed by atoms with Gasteiger partial charge in [-0.25, -0.2) is 4.98 Å². The first-order valence-electron chi connectivity index (χ1n) is 10.8. The standard InChI is InChI=1S/C25H29ClN4/c26-23-17-28-21(13-18-9-11-19(15-27)12-10-18)14-22(23)24-7-4-8-25(30-24)29-16-20-5-2-1-3-6-20/h1-8,14,17-19H,9-13,15-16,27H2,(H,29,30). The molecule has 3 N–H and O–H groups in total. The Morgan fingerprint density at radius 3 is 2.50 bits per heavy atom. The zero-order chi connectivity index (χ0) is 20.8. The molecular weight excluding hydrogens is 392 g/mol. The van der Waals surface area contributed by atoms with Crippen LogP contribution in [0.2, 0.25) is 5.02 Å². The van der Waals surface area contributed by atoms with Crippen molar-refractivity contribution >= 4 is 17.4 Å². The van der Waals surface area contributed by atoms with E-state index < -0.39 is 0 Å². The third kappa shape index (κ3) is 5.38. The smallest absolute Gasteiger partial charge is 0.126 e. The number of hydrogen-bond donors (Lipinski definition) is 2. The molecule has 0 bridgehead atoms. The van der Waals surface area contributed by atoms with Crippen LogP contribution in [-0.2, 0) is 13.0 Å². The zero-order valence-corrected chi connectivity index (χ0v) is 18.0. The van der Waals surface area contributed by atoms with E-state index in [1.54, 1.807) is 6.20 Å². The Balaban J connectivity index is 1.46. The van der Waals surface area contributed by atoms with Gasteiger partial charge in [-0.15, -0.1) is 0 Å². The number of aromatic nitrogens is 2. The van der Waals surface area contributed by atoms with Crippen molar-refractivity contribution in [2.45, 2.75) is 38.6 Å². The molecule has 1 aliphatic rings. The fourth-order valence-electron chi connectivity index (χ4n) is 4.23. The molecule has 3 aromatic rings. The lowest BCUT2D eigenvalue weighted by Gasteiger charge is -2.27. The first-order valence-corrected chi connectivity index (χ1v) is 11.2. The van der Waals surface area contributed by atoms with Gasteiger partial charge in [0.25, 0.3) is 0 Å². The van der Waals surface area contributed by atoms with Crippen molar-refractivity contribution in [3.05, 3.63) is 77.1 Å². The number of rotatable bonds is 7. The molecule has 1 aliphatic carbocycles. The molecule has 2 heterocycles. The summed E-state index contributed by atoms with van der Waals surface area (Å²) in [6, 6.07) is 18.4. The fourth-order valence-corrected chi connectivity index (χ4v) is 4.43. The van der Waals surface area contributed by atoms with E-state index in [1.807, 2.05) is 36.4 Å². The Morgan fingerprint density at radius 2 is 1.73 bits per heavy atom. The quantitative estimate of drug-likeness (QED) is 0.513. The molecule has 0 saturated heterocycles. The third-order valence-electron chi connectivity index (χ3n) is 6.05. The number of nitrogens with zero attached hydrogens (tertiary/aromatic N) is 2. The molecular formula is C25H29ClN4. The molecule has 0 atom stereocenters. The lowest BCUT2D eigenvalue weighted by molar-refractivity contribution is 0.277. The van der Waals surface area contributed by atoms with Crippen LogP contribution in [0.4, 0.5) is 5.82 Å². The Bertz CT molecular complexity index is 952. The first kappa shape index (κ1) is 20.8. The average Bonchev–Trinajstić information content (AvgIpc) is 2.80. The Labute approximate surface area is 183 Å². The van der Waals surface area contributed by atoms with Crippen LogP contribution < -0.4 is 11.1 Å². The maximum absolute atomic E-state index is 6.50. The highest BCUT2D eigenvalue weighted by Gasteiger charge is 2.21. The van der Waals surface area contributed by atoms with Gasteiger partial charge in [0.05, 0.1) is 10.7 Å². The van der Waals surface area contributed by atoms with Crippen molar-refractivity contribution in [1.29, 1.82) is 0 Å². The molecule has 30 heavy (non-hydrogen) atoms. The van der Waals surface area contributed by atoms with Crippen LogP contribution in [0.25, 0.3) is 11.3 Å². The van der Waals surface area contributed by atoms with E-state index in [0.717, 1.165) is 42.3 Å². The van der Waals surface area contributed by atoms with Crippen molar-refractivity contribution in [1.82, 2.24) is 9.97 Å². The van der Waals surface area contributed by atoms with Crippen molar-refractivity contribution in [2.75, 3.05) is 11.9 Å². The minimum absolute atomic E-state index is 0.637. The number of nitrogens with one attached hydrogen (secondary N) is 1. The first-order chi connectivity index (χ1) is 14.7. The molecule has 4 rings (SSSR count). The SMILES string of the molecule is NCC1CCC(Cc2cc(-c3cccc(NCc4ccccc4)n3)c(Cl)cn2)CC1. The summed E-state index contributed by atoms with van der Waals surface area (Å²) in [4.78, 5) is 9.39. The zero-order valence-electron chi connectivity index (χ0n) is 17.2. The molecule has 2 aromatic heterocycles. The van der Waals surface area contributed by atoms with Gasteiger partial charge in [0.2, 0.25) is 0 Å². The van der Waals surface area contributed by atoms with Crippen LogP contribution in [-0.4, -0.2) is 16.5 Å². The second-order valence-electron chi connectivity index (χ2n) is 8.23. The fraction of sp³-hybridized carbons (Fsp3) is 0.360. The normalized spacial score (nSPS) is 18.9. The Kier molecular flexibility index (Phi) is 6.98. The highest BCUT2D eigenvalue weighted by molar-refractivity contribution is 6.33. The van der Waals surface area contributed by atoms with Crippen molar-refractivity contribution in [2.24, 2.45) is 17.6 Å². The van der Waals surface area contributed by atoms with E-state index in [0.29, 0.717) is 16.9 Å². The molecule has 1 saturated carbocycles. The highest BCUT2D eigenvalue weighted by Crippen LogP contribution is 2.32. The summed E-state index contributed by atoms with van der Waals surface area (Å²) < 4.78 is 0. The van der Waals surface area contributed by atoms with Crippen LogP contribution in [0.3, 0.4) is 0 Å². The van der Waals surface area contributed by atoms with Gasteiger partial charge in [-0.3, -0.25) is 4.98 Å². The van der Waals surface area contributed by atoms with Gasteiger partial charge in [0, 0.05) is 24.0 Å². The molecule has 0 radical (unpaired) electrons. The molecule has 1 aromatic carbocycles. The van der Waals surface area contributed by atoms with Crippen LogP contribution in [0, 0.1) is 11.8 Å².